The molecule has 8 heteroatoms. The Hall–Kier alpha value is -3.13. The number of thiophene rings is 1. The van der Waals surface area contributed by atoms with E-state index in [0.717, 1.165) is 9.56 Å². The third kappa shape index (κ3) is 3.45. The molecule has 3 aromatic rings. The van der Waals surface area contributed by atoms with Crippen molar-refractivity contribution in [3.63, 3.8) is 0 Å². The van der Waals surface area contributed by atoms with Crippen LogP contribution in [0.3, 0.4) is 0 Å². The minimum Gasteiger partial charge on any atom is -0.495 e. The summed E-state index contributed by atoms with van der Waals surface area (Å²) in [6.07, 6.45) is 0. The first-order valence-corrected chi connectivity index (χ1v) is 8.76. The van der Waals surface area contributed by atoms with Crippen LogP contribution in [-0.4, -0.2) is 22.8 Å². The molecule has 0 saturated heterocycles. The molecule has 1 aromatic carbocycles. The summed E-state index contributed by atoms with van der Waals surface area (Å²) >= 11 is 1.48. The number of methoxy groups -OCH3 is 1. The van der Waals surface area contributed by atoms with Gasteiger partial charge in [0.05, 0.1) is 17.7 Å². The van der Waals surface area contributed by atoms with E-state index in [1.54, 1.807) is 31.2 Å². The average Bonchev–Trinajstić information content (AvgIpc) is 3.18. The normalized spacial score (nSPS) is 11.8. The van der Waals surface area contributed by atoms with E-state index < -0.39 is 17.5 Å². The Bertz CT molecular complexity index is 982. The number of nitrogen functional groups attached to an aromatic ring is 1. The van der Waals surface area contributed by atoms with Gasteiger partial charge in [-0.25, -0.2) is 4.68 Å². The lowest BCUT2D eigenvalue weighted by Gasteiger charge is -2.16. The molecule has 0 fully saturated rings. The molecule has 134 valence electrons. The van der Waals surface area contributed by atoms with E-state index in [-0.39, 0.29) is 5.69 Å². The lowest BCUT2D eigenvalue weighted by Crippen LogP contribution is -2.34. The molecule has 3 N–H and O–H groups in total. The molecule has 26 heavy (non-hydrogen) atoms. The molecule has 0 aliphatic carbocycles. The first-order valence-electron chi connectivity index (χ1n) is 7.88. The van der Waals surface area contributed by atoms with E-state index in [4.69, 9.17) is 10.5 Å². The van der Waals surface area contributed by atoms with Crippen molar-refractivity contribution in [3.8, 4) is 16.3 Å². The van der Waals surface area contributed by atoms with Gasteiger partial charge < -0.3 is 15.8 Å². The molecular weight excluding hydrogens is 352 g/mol. The number of hydrogen-bond donors (Lipinski definition) is 2. The fraction of sp³-hybridized carbons (Fsp3) is 0.167. The highest BCUT2D eigenvalue weighted by Gasteiger charge is 2.21. The quantitative estimate of drug-likeness (QED) is 0.719. The standard InChI is InChI=1S/C18H18N4O3S/c1-11(17(23)20-13-6-3-4-7-15(13)25-2)22-18(24)12(19)10-14(21-22)16-8-5-9-26-16/h3-11H,19H2,1-2H3,(H,20,23)/t11-/m0/s1. The van der Waals surface area contributed by atoms with Crippen LogP contribution in [0.1, 0.15) is 13.0 Å². The predicted molar refractivity (Wildman–Crippen MR) is 103 cm³/mol. The predicted octanol–water partition coefficient (Wildman–Crippen LogP) is 2.76. The highest BCUT2D eigenvalue weighted by atomic mass is 32.1. The number of nitrogens with two attached hydrogens (primary N) is 1. The summed E-state index contributed by atoms with van der Waals surface area (Å²) in [6, 6.07) is 11.5. The molecule has 2 heterocycles. The fourth-order valence-electron chi connectivity index (χ4n) is 2.43. The van der Waals surface area contributed by atoms with Gasteiger partial charge in [-0.15, -0.1) is 11.3 Å². The first-order chi connectivity index (χ1) is 12.5. The van der Waals surface area contributed by atoms with Crippen molar-refractivity contribution in [2.45, 2.75) is 13.0 Å². The molecule has 1 amide bonds. The molecule has 0 unspecified atom stereocenters. The summed E-state index contributed by atoms with van der Waals surface area (Å²) in [4.78, 5) is 25.9. The van der Waals surface area contributed by atoms with Crippen molar-refractivity contribution >= 4 is 28.6 Å². The third-order valence-electron chi connectivity index (χ3n) is 3.85. The second-order valence-corrected chi connectivity index (χ2v) is 6.53. The maximum atomic E-state index is 12.6. The SMILES string of the molecule is COc1ccccc1NC(=O)[C@H](C)n1nc(-c2cccs2)cc(N)c1=O. The van der Waals surface area contributed by atoms with Crippen LogP contribution >= 0.6 is 11.3 Å². The van der Waals surface area contributed by atoms with Crippen LogP contribution in [-0.2, 0) is 4.79 Å². The zero-order chi connectivity index (χ0) is 18.7. The maximum Gasteiger partial charge on any atom is 0.290 e. The lowest BCUT2D eigenvalue weighted by molar-refractivity contribution is -0.119. The second-order valence-electron chi connectivity index (χ2n) is 5.58. The summed E-state index contributed by atoms with van der Waals surface area (Å²) in [5, 5.41) is 8.99. The zero-order valence-corrected chi connectivity index (χ0v) is 15.1. The van der Waals surface area contributed by atoms with E-state index in [1.165, 1.54) is 24.5 Å². The van der Waals surface area contributed by atoms with Crippen molar-refractivity contribution in [1.29, 1.82) is 0 Å². The van der Waals surface area contributed by atoms with Crippen LogP contribution in [0.15, 0.2) is 52.6 Å². The summed E-state index contributed by atoms with van der Waals surface area (Å²) in [6.45, 7) is 1.59. The van der Waals surface area contributed by atoms with Crippen LogP contribution < -0.4 is 21.3 Å². The number of rotatable bonds is 5. The Morgan fingerprint density at radius 2 is 2.08 bits per heavy atom. The Morgan fingerprint density at radius 3 is 2.77 bits per heavy atom. The van der Waals surface area contributed by atoms with Gasteiger partial charge in [-0.2, -0.15) is 5.10 Å². The number of hydrogen-bond acceptors (Lipinski definition) is 6. The van der Waals surface area contributed by atoms with Crippen molar-refractivity contribution < 1.29 is 9.53 Å². The molecule has 3 rings (SSSR count). The fourth-order valence-corrected chi connectivity index (χ4v) is 3.12. The van der Waals surface area contributed by atoms with Crippen molar-refractivity contribution in [2.75, 3.05) is 18.2 Å². The van der Waals surface area contributed by atoms with Crippen LogP contribution in [0.4, 0.5) is 11.4 Å². The van der Waals surface area contributed by atoms with Crippen LogP contribution in [0.2, 0.25) is 0 Å². The number of aromatic nitrogens is 2. The number of benzene rings is 1. The van der Waals surface area contributed by atoms with E-state index in [0.29, 0.717) is 17.1 Å². The van der Waals surface area contributed by atoms with Crippen molar-refractivity contribution in [2.24, 2.45) is 0 Å². The molecule has 0 spiro atoms. The van der Waals surface area contributed by atoms with Crippen LogP contribution in [0, 0.1) is 0 Å². The van der Waals surface area contributed by atoms with Gasteiger partial charge >= 0.3 is 0 Å². The average molecular weight is 370 g/mol. The molecule has 0 radical (unpaired) electrons. The molecule has 0 bridgehead atoms. The first kappa shape index (κ1) is 17.7. The number of para-hydroxylation sites is 2. The summed E-state index contributed by atoms with van der Waals surface area (Å²) < 4.78 is 6.33. The van der Waals surface area contributed by atoms with Gasteiger partial charge in [0, 0.05) is 0 Å². The van der Waals surface area contributed by atoms with Gasteiger partial charge in [0.25, 0.3) is 5.56 Å². The van der Waals surface area contributed by atoms with Crippen molar-refractivity contribution in [3.05, 3.63) is 58.2 Å². The Labute approximate surface area is 154 Å². The smallest absolute Gasteiger partial charge is 0.290 e. The number of amides is 1. The topological polar surface area (TPSA) is 99.2 Å². The largest absolute Gasteiger partial charge is 0.495 e. The maximum absolute atomic E-state index is 12.6. The van der Waals surface area contributed by atoms with Crippen LogP contribution in [0.25, 0.3) is 10.6 Å². The number of nitrogens with zero attached hydrogens (tertiary/aromatic N) is 2. The number of anilines is 2. The van der Waals surface area contributed by atoms with Crippen molar-refractivity contribution in [1.82, 2.24) is 9.78 Å². The Balaban J connectivity index is 1.93. The summed E-state index contributed by atoms with van der Waals surface area (Å²) in [5.41, 5.74) is 6.44. The molecule has 2 aromatic heterocycles. The van der Waals surface area contributed by atoms with Gasteiger partial charge in [0.1, 0.15) is 23.2 Å². The third-order valence-corrected chi connectivity index (χ3v) is 4.74. The van der Waals surface area contributed by atoms with Gasteiger partial charge in [-0.1, -0.05) is 18.2 Å². The number of carbonyl (C=O) groups excluding carboxylic acids is 1. The number of ether oxygens (including phenoxy) is 1. The summed E-state index contributed by atoms with van der Waals surface area (Å²) in [7, 11) is 1.52. The lowest BCUT2D eigenvalue weighted by atomic mass is 10.2. The minimum absolute atomic E-state index is 0.0420. The second kappa shape index (κ2) is 7.40. The summed E-state index contributed by atoms with van der Waals surface area (Å²) in [5.74, 6) is 0.132. The van der Waals surface area contributed by atoms with Gasteiger partial charge in [-0.3, -0.25) is 9.59 Å². The molecule has 1 atom stereocenters. The monoisotopic (exact) mass is 370 g/mol. The Kier molecular flexibility index (Phi) is 5.04. The van der Waals surface area contributed by atoms with Gasteiger partial charge in [0.2, 0.25) is 5.91 Å². The molecule has 0 saturated carbocycles. The van der Waals surface area contributed by atoms with E-state index >= 15 is 0 Å². The molecule has 0 aliphatic heterocycles. The zero-order valence-electron chi connectivity index (χ0n) is 14.3. The number of nitrogens with one attached hydrogen (secondary N) is 1. The Morgan fingerprint density at radius 1 is 1.31 bits per heavy atom. The molecule has 0 aliphatic rings. The number of carbonyl (C=O) groups is 1. The molecule has 7 nitrogen and oxygen atoms in total. The highest BCUT2D eigenvalue weighted by Crippen LogP contribution is 2.25. The van der Waals surface area contributed by atoms with Crippen LogP contribution in [0.5, 0.6) is 5.75 Å². The molecular formula is C18H18N4O3S. The van der Waals surface area contributed by atoms with Gasteiger partial charge in [0.15, 0.2) is 0 Å². The van der Waals surface area contributed by atoms with E-state index in [2.05, 4.69) is 10.4 Å². The van der Waals surface area contributed by atoms with E-state index in [9.17, 15) is 9.59 Å². The van der Waals surface area contributed by atoms with E-state index in [1.807, 2.05) is 17.5 Å². The highest BCUT2D eigenvalue weighted by molar-refractivity contribution is 7.13. The minimum atomic E-state index is -0.852. The van der Waals surface area contributed by atoms with Gasteiger partial charge in [-0.05, 0) is 36.6 Å².